The summed E-state index contributed by atoms with van der Waals surface area (Å²) in [6.45, 7) is 10.2. The number of rotatable bonds is 3. The van der Waals surface area contributed by atoms with Crippen LogP contribution in [0.3, 0.4) is 0 Å². The van der Waals surface area contributed by atoms with Gasteiger partial charge in [0.15, 0.2) is 0 Å². The third-order valence-corrected chi connectivity index (χ3v) is 5.65. The van der Waals surface area contributed by atoms with Gasteiger partial charge in [0.2, 0.25) is 0 Å². The first-order chi connectivity index (χ1) is 8.42. The van der Waals surface area contributed by atoms with Crippen LogP contribution in [0.2, 0.25) is 0 Å². The largest absolute Gasteiger partial charge is 0.297 e. The highest BCUT2D eigenvalue weighted by Gasteiger charge is 2.34. The minimum atomic E-state index is 0.352. The number of alkyl halides is 1. The van der Waals surface area contributed by atoms with Crippen molar-refractivity contribution >= 4 is 15.9 Å². The van der Waals surface area contributed by atoms with Crippen molar-refractivity contribution in [2.75, 3.05) is 13.1 Å². The van der Waals surface area contributed by atoms with Crippen LogP contribution < -0.4 is 0 Å². The molecule has 0 radical (unpaired) electrons. The molecule has 18 heavy (non-hydrogen) atoms. The Kier molecular flexibility index (Phi) is 4.17. The first kappa shape index (κ1) is 14.1. The van der Waals surface area contributed by atoms with E-state index in [9.17, 15) is 0 Å². The standard InChI is InChI=1S/C14H24BrN3/c1-5-11-8-12(17(4)16-11)9-18-7-6-13(15)14(2,3)10-18/h8,13H,5-7,9-10H2,1-4H3. The number of halogens is 1. The maximum absolute atomic E-state index is 4.53. The number of aromatic nitrogens is 2. The van der Waals surface area contributed by atoms with Crippen LogP contribution in [0.4, 0.5) is 0 Å². The van der Waals surface area contributed by atoms with E-state index in [-0.39, 0.29) is 0 Å². The Balaban J connectivity index is 2.03. The van der Waals surface area contributed by atoms with Crippen LogP contribution in [0.25, 0.3) is 0 Å². The van der Waals surface area contributed by atoms with E-state index in [0.29, 0.717) is 10.2 Å². The molecule has 0 saturated carbocycles. The van der Waals surface area contributed by atoms with Crippen molar-refractivity contribution in [2.24, 2.45) is 12.5 Å². The van der Waals surface area contributed by atoms with E-state index < -0.39 is 0 Å². The summed E-state index contributed by atoms with van der Waals surface area (Å²) >= 11 is 3.81. The minimum absolute atomic E-state index is 0.352. The Morgan fingerprint density at radius 2 is 2.22 bits per heavy atom. The van der Waals surface area contributed by atoms with Crippen molar-refractivity contribution in [1.29, 1.82) is 0 Å². The van der Waals surface area contributed by atoms with Crippen LogP contribution in [0, 0.1) is 5.41 Å². The predicted octanol–water partition coefficient (Wildman–Crippen LogP) is 2.98. The average molecular weight is 314 g/mol. The van der Waals surface area contributed by atoms with Gasteiger partial charge in [-0.25, -0.2) is 0 Å². The summed E-state index contributed by atoms with van der Waals surface area (Å²) in [5, 5.41) is 4.53. The van der Waals surface area contributed by atoms with Crippen LogP contribution in [-0.2, 0) is 20.0 Å². The molecule has 2 rings (SSSR count). The van der Waals surface area contributed by atoms with Gasteiger partial charge >= 0.3 is 0 Å². The van der Waals surface area contributed by atoms with Crippen molar-refractivity contribution in [3.05, 3.63) is 17.5 Å². The molecule has 1 aromatic heterocycles. The number of likely N-dealkylation sites (tertiary alicyclic amines) is 1. The zero-order valence-electron chi connectivity index (χ0n) is 11.9. The van der Waals surface area contributed by atoms with E-state index in [1.807, 2.05) is 4.68 Å². The maximum atomic E-state index is 4.53. The molecular formula is C14H24BrN3. The van der Waals surface area contributed by atoms with Crippen molar-refractivity contribution in [3.8, 4) is 0 Å². The van der Waals surface area contributed by atoms with E-state index in [4.69, 9.17) is 0 Å². The topological polar surface area (TPSA) is 21.1 Å². The molecule has 1 aliphatic rings. The Labute approximate surface area is 119 Å². The van der Waals surface area contributed by atoms with Crippen molar-refractivity contribution < 1.29 is 0 Å². The molecule has 1 fully saturated rings. The summed E-state index contributed by atoms with van der Waals surface area (Å²) in [4.78, 5) is 3.19. The highest BCUT2D eigenvalue weighted by molar-refractivity contribution is 9.09. The summed E-state index contributed by atoms with van der Waals surface area (Å²) in [6, 6.07) is 2.24. The molecule has 1 aliphatic heterocycles. The van der Waals surface area contributed by atoms with Crippen LogP contribution in [0.5, 0.6) is 0 Å². The van der Waals surface area contributed by atoms with E-state index in [1.165, 1.54) is 24.4 Å². The molecule has 0 aromatic carbocycles. The number of piperidine rings is 1. The molecule has 1 aromatic rings. The second-order valence-corrected chi connectivity index (χ2v) is 7.16. The van der Waals surface area contributed by atoms with Gasteiger partial charge in [-0.2, -0.15) is 5.10 Å². The van der Waals surface area contributed by atoms with Gasteiger partial charge in [-0.1, -0.05) is 36.7 Å². The lowest BCUT2D eigenvalue weighted by molar-refractivity contribution is 0.118. The fraction of sp³-hybridized carbons (Fsp3) is 0.786. The number of aryl methyl sites for hydroxylation is 2. The molecule has 0 aliphatic carbocycles. The fourth-order valence-electron chi connectivity index (χ4n) is 2.70. The Hall–Kier alpha value is -0.350. The van der Waals surface area contributed by atoms with Gasteiger partial charge in [-0.15, -0.1) is 0 Å². The average Bonchev–Trinajstić information content (AvgIpc) is 2.65. The Bertz CT molecular complexity index is 411. The van der Waals surface area contributed by atoms with E-state index in [1.54, 1.807) is 0 Å². The molecule has 4 heteroatoms. The molecule has 3 nitrogen and oxygen atoms in total. The monoisotopic (exact) mass is 313 g/mol. The summed E-state index contributed by atoms with van der Waals surface area (Å²) < 4.78 is 2.03. The highest BCUT2D eigenvalue weighted by atomic mass is 79.9. The van der Waals surface area contributed by atoms with Crippen molar-refractivity contribution in [2.45, 2.75) is 45.0 Å². The summed E-state index contributed by atoms with van der Waals surface area (Å²) in [5.41, 5.74) is 2.88. The molecule has 2 heterocycles. The van der Waals surface area contributed by atoms with Gasteiger partial charge in [0, 0.05) is 25.0 Å². The van der Waals surface area contributed by atoms with E-state index in [2.05, 4.69) is 59.8 Å². The molecule has 0 spiro atoms. The van der Waals surface area contributed by atoms with Gasteiger partial charge in [-0.3, -0.25) is 9.58 Å². The maximum Gasteiger partial charge on any atom is 0.0625 e. The van der Waals surface area contributed by atoms with Gasteiger partial charge in [0.25, 0.3) is 0 Å². The first-order valence-electron chi connectivity index (χ1n) is 6.80. The van der Waals surface area contributed by atoms with E-state index >= 15 is 0 Å². The smallest absolute Gasteiger partial charge is 0.0625 e. The Morgan fingerprint density at radius 1 is 1.50 bits per heavy atom. The van der Waals surface area contributed by atoms with Crippen molar-refractivity contribution in [3.63, 3.8) is 0 Å². The molecule has 1 unspecified atom stereocenters. The minimum Gasteiger partial charge on any atom is -0.297 e. The van der Waals surface area contributed by atoms with Crippen LogP contribution in [-0.4, -0.2) is 32.6 Å². The number of hydrogen-bond acceptors (Lipinski definition) is 2. The second kappa shape index (κ2) is 5.33. The molecule has 0 amide bonds. The summed E-state index contributed by atoms with van der Waals surface area (Å²) in [6.07, 6.45) is 2.24. The molecule has 1 atom stereocenters. The quantitative estimate of drug-likeness (QED) is 0.800. The second-order valence-electron chi connectivity index (χ2n) is 6.06. The number of hydrogen-bond donors (Lipinski definition) is 0. The van der Waals surface area contributed by atoms with Crippen molar-refractivity contribution in [1.82, 2.24) is 14.7 Å². The zero-order chi connectivity index (χ0) is 13.3. The van der Waals surface area contributed by atoms with Gasteiger partial charge in [-0.05, 0) is 30.9 Å². The first-order valence-corrected chi connectivity index (χ1v) is 7.72. The van der Waals surface area contributed by atoms with Crippen LogP contribution in [0.15, 0.2) is 6.07 Å². The summed E-state index contributed by atoms with van der Waals surface area (Å²) in [7, 11) is 2.05. The van der Waals surface area contributed by atoms with Gasteiger partial charge in [0.1, 0.15) is 0 Å². The third kappa shape index (κ3) is 2.97. The fourth-order valence-corrected chi connectivity index (χ4v) is 3.05. The molecular weight excluding hydrogens is 290 g/mol. The SMILES string of the molecule is CCc1cc(CN2CCC(Br)C(C)(C)C2)n(C)n1. The third-order valence-electron chi connectivity index (χ3n) is 3.95. The van der Waals surface area contributed by atoms with Crippen LogP contribution >= 0.6 is 15.9 Å². The lowest BCUT2D eigenvalue weighted by Gasteiger charge is -2.41. The molecule has 102 valence electrons. The predicted molar refractivity (Wildman–Crippen MR) is 79.0 cm³/mol. The molecule has 0 N–H and O–H groups in total. The lowest BCUT2D eigenvalue weighted by atomic mass is 9.84. The lowest BCUT2D eigenvalue weighted by Crippen LogP contribution is -2.46. The number of nitrogens with zero attached hydrogens (tertiary/aromatic N) is 3. The van der Waals surface area contributed by atoms with Gasteiger partial charge in [0.05, 0.1) is 11.4 Å². The van der Waals surface area contributed by atoms with E-state index in [0.717, 1.165) is 19.5 Å². The van der Waals surface area contributed by atoms with Gasteiger partial charge < -0.3 is 0 Å². The molecule has 1 saturated heterocycles. The Morgan fingerprint density at radius 3 is 2.78 bits per heavy atom. The summed E-state index contributed by atoms with van der Waals surface area (Å²) in [5.74, 6) is 0. The van der Waals surface area contributed by atoms with Crippen LogP contribution in [0.1, 0.15) is 38.6 Å². The highest BCUT2D eigenvalue weighted by Crippen LogP contribution is 2.34. The molecule has 0 bridgehead atoms. The normalized spacial score (nSPS) is 24.4. The zero-order valence-corrected chi connectivity index (χ0v) is 13.5.